The summed E-state index contributed by atoms with van der Waals surface area (Å²) in [4.78, 5) is 119. The maximum Gasteiger partial charge on any atom is 0.363 e. The second-order valence-corrected chi connectivity index (χ2v) is 15.4. The smallest absolute Gasteiger partial charge is 0.363 e. The van der Waals surface area contributed by atoms with Crippen molar-refractivity contribution in [1.82, 2.24) is 20.8 Å². The number of unbranched alkanes of at least 4 members (excludes halogenated alkanes) is 2. The van der Waals surface area contributed by atoms with Crippen LogP contribution in [0.5, 0.6) is 0 Å². The Bertz CT molecular complexity index is 2070. The Hall–Kier alpha value is -6.61. The van der Waals surface area contributed by atoms with Gasteiger partial charge in [0.1, 0.15) is 0 Å². The largest absolute Gasteiger partial charge is 0.387 e. The molecule has 6 amide bonds. The molecule has 4 N–H and O–H groups in total. The van der Waals surface area contributed by atoms with Crippen molar-refractivity contribution in [1.29, 1.82) is 0 Å². The van der Waals surface area contributed by atoms with E-state index in [4.69, 9.17) is 26.5 Å². The molecular formula is C36H40N12O10S2. The Balaban J connectivity index is 0.990. The number of amides is 6. The zero-order valence-corrected chi connectivity index (χ0v) is 33.6. The van der Waals surface area contributed by atoms with E-state index in [0.29, 0.717) is 47.6 Å². The number of nitrogens with two attached hydrogens (primary N) is 1. The Labute approximate surface area is 350 Å². The lowest BCUT2D eigenvalue weighted by Crippen LogP contribution is -2.34. The van der Waals surface area contributed by atoms with Crippen LogP contribution < -0.4 is 16.4 Å². The van der Waals surface area contributed by atoms with Crippen molar-refractivity contribution in [3.63, 3.8) is 0 Å². The minimum Gasteiger partial charge on any atom is -0.387 e. The number of benzene rings is 2. The Morgan fingerprint density at radius 1 is 0.683 bits per heavy atom. The molecule has 0 radical (unpaired) electrons. The number of hydrogen-bond acceptors (Lipinski definition) is 15. The van der Waals surface area contributed by atoms with Gasteiger partial charge in [0.05, 0.1) is 40.3 Å². The standard InChI is InChI=1S/C36H40N12O10S2/c37-28(13-18-59-26-20-31(51)47(33(26)53)57-35(55)22-4-8-24(9-5-22)43-45-38)40-15-2-1-3-16-41-29(49)12-17-42-30(50)14-19-60-27-21-32(52)48(34(27)54)58-36(56)23-6-10-25(11-7-23)44-46-39/h4-11,26-27H,1-3,12-21H2,(H2,37,40)(H,41,49)(H,42,50). The third-order valence-corrected chi connectivity index (χ3v) is 10.9. The quantitative estimate of drug-likeness (QED) is 0.0270. The van der Waals surface area contributed by atoms with Gasteiger partial charge in [-0.05, 0) is 54.6 Å². The molecule has 0 spiro atoms. The van der Waals surface area contributed by atoms with Gasteiger partial charge in [-0.2, -0.15) is 0 Å². The van der Waals surface area contributed by atoms with E-state index >= 15 is 0 Å². The first-order chi connectivity index (χ1) is 28.9. The summed E-state index contributed by atoms with van der Waals surface area (Å²) >= 11 is 2.29. The molecule has 2 aliphatic heterocycles. The van der Waals surface area contributed by atoms with E-state index in [0.717, 1.165) is 24.6 Å². The highest BCUT2D eigenvalue weighted by Crippen LogP contribution is 2.28. The predicted molar refractivity (Wildman–Crippen MR) is 217 cm³/mol. The van der Waals surface area contributed by atoms with Crippen molar-refractivity contribution in [3.8, 4) is 0 Å². The van der Waals surface area contributed by atoms with Crippen molar-refractivity contribution < 1.29 is 48.0 Å². The lowest BCUT2D eigenvalue weighted by atomic mass is 10.2. The number of nitrogens with one attached hydrogen (secondary N) is 2. The number of aliphatic imine (C=N–C) groups is 1. The van der Waals surface area contributed by atoms with E-state index in [1.807, 2.05) is 0 Å². The van der Waals surface area contributed by atoms with Crippen LogP contribution in [-0.4, -0.2) is 105 Å². The fourth-order valence-electron chi connectivity index (χ4n) is 5.36. The molecule has 2 atom stereocenters. The summed E-state index contributed by atoms with van der Waals surface area (Å²) in [6.45, 7) is 1.02. The number of imide groups is 2. The number of hydroxylamine groups is 4. The van der Waals surface area contributed by atoms with Gasteiger partial charge < -0.3 is 26.0 Å². The highest BCUT2D eigenvalue weighted by atomic mass is 32.2. The van der Waals surface area contributed by atoms with Crippen LogP contribution in [0.1, 0.15) is 72.1 Å². The number of amidine groups is 1. The Morgan fingerprint density at radius 2 is 1.15 bits per heavy atom. The lowest BCUT2D eigenvalue weighted by molar-refractivity contribution is -0.173. The second-order valence-electron chi connectivity index (χ2n) is 12.8. The molecule has 2 saturated heterocycles. The van der Waals surface area contributed by atoms with Gasteiger partial charge in [0.15, 0.2) is 0 Å². The van der Waals surface area contributed by atoms with Crippen LogP contribution in [0.3, 0.4) is 0 Å². The van der Waals surface area contributed by atoms with Crippen molar-refractivity contribution in [2.45, 2.75) is 61.9 Å². The van der Waals surface area contributed by atoms with Crippen molar-refractivity contribution in [3.05, 3.63) is 80.5 Å². The number of rotatable bonds is 23. The van der Waals surface area contributed by atoms with E-state index in [9.17, 15) is 38.4 Å². The number of nitrogens with zero attached hydrogens (tertiary/aromatic N) is 9. The number of hydrogen-bond donors (Lipinski definition) is 3. The molecule has 316 valence electrons. The van der Waals surface area contributed by atoms with Crippen LogP contribution >= 0.6 is 23.5 Å². The summed E-state index contributed by atoms with van der Waals surface area (Å²) in [5.41, 5.74) is 23.6. The summed E-state index contributed by atoms with van der Waals surface area (Å²) in [5.74, 6) is -4.09. The predicted octanol–water partition coefficient (Wildman–Crippen LogP) is 4.07. The van der Waals surface area contributed by atoms with Gasteiger partial charge in [-0.1, -0.05) is 34.5 Å². The third-order valence-electron chi connectivity index (χ3n) is 8.47. The minimum atomic E-state index is -0.939. The Morgan fingerprint density at radius 3 is 1.65 bits per heavy atom. The normalized spacial score (nSPS) is 16.2. The summed E-state index contributed by atoms with van der Waals surface area (Å²) in [6.07, 6.45) is 2.35. The highest BCUT2D eigenvalue weighted by molar-refractivity contribution is 8.00. The molecule has 2 fully saturated rings. The van der Waals surface area contributed by atoms with E-state index in [1.165, 1.54) is 60.3 Å². The highest BCUT2D eigenvalue weighted by Gasteiger charge is 2.43. The molecule has 2 aromatic rings. The van der Waals surface area contributed by atoms with E-state index < -0.39 is 46.1 Å². The van der Waals surface area contributed by atoms with Crippen LogP contribution in [0.15, 0.2) is 63.8 Å². The van der Waals surface area contributed by atoms with Crippen molar-refractivity contribution in [2.75, 3.05) is 31.1 Å². The maximum absolute atomic E-state index is 12.7. The molecule has 2 unspecified atom stereocenters. The molecule has 2 aliphatic rings. The SMILES string of the molecule is [N-]=[N+]=Nc1ccc(C(=O)ON2C(=O)CC(SCCC(=O)NCCC(=O)NCCCCCN=C(N)CCSC3CC(=O)N(OC(=O)c4ccc(N=[N+]=[N-])cc4)C3=O)C2=O)cc1. The molecule has 60 heavy (non-hydrogen) atoms. The molecule has 4 rings (SSSR count). The van der Waals surface area contributed by atoms with Gasteiger partial charge in [0.25, 0.3) is 23.6 Å². The number of azide groups is 2. The number of thioether (sulfide) groups is 2. The topological polar surface area (TPSA) is 321 Å². The molecule has 2 heterocycles. The molecule has 22 nitrogen and oxygen atoms in total. The first kappa shape index (κ1) is 46.1. The van der Waals surface area contributed by atoms with Crippen LogP contribution in [0.25, 0.3) is 20.9 Å². The average Bonchev–Trinajstić information content (AvgIpc) is 3.65. The third kappa shape index (κ3) is 14.3. The van der Waals surface area contributed by atoms with Crippen LogP contribution in [0, 0.1) is 0 Å². The molecule has 0 aliphatic carbocycles. The van der Waals surface area contributed by atoms with Gasteiger partial charge in [-0.25, -0.2) is 9.59 Å². The van der Waals surface area contributed by atoms with Crippen LogP contribution in [-0.2, 0) is 38.4 Å². The fourth-order valence-corrected chi connectivity index (χ4v) is 7.55. The summed E-state index contributed by atoms with van der Waals surface area (Å²) in [7, 11) is 0. The second kappa shape index (κ2) is 23.7. The van der Waals surface area contributed by atoms with E-state index in [2.05, 4.69) is 35.7 Å². The molecular weight excluding hydrogens is 825 g/mol. The summed E-state index contributed by atoms with van der Waals surface area (Å²) in [5, 5.41) is 11.6. The molecule has 24 heteroatoms. The van der Waals surface area contributed by atoms with Gasteiger partial charge in [0.2, 0.25) is 11.8 Å². The molecule has 2 aromatic carbocycles. The maximum atomic E-state index is 12.7. The summed E-state index contributed by atoms with van der Waals surface area (Å²) < 4.78 is 0. The van der Waals surface area contributed by atoms with Gasteiger partial charge in [-0.15, -0.1) is 33.7 Å². The van der Waals surface area contributed by atoms with Crippen LogP contribution in [0.4, 0.5) is 11.4 Å². The monoisotopic (exact) mass is 864 g/mol. The van der Waals surface area contributed by atoms with Crippen molar-refractivity contribution >= 4 is 88.1 Å². The van der Waals surface area contributed by atoms with E-state index in [-0.39, 0.29) is 72.3 Å². The van der Waals surface area contributed by atoms with Crippen molar-refractivity contribution in [2.24, 2.45) is 21.0 Å². The molecule has 0 bridgehead atoms. The zero-order chi connectivity index (χ0) is 43.4. The Kier molecular flexibility index (Phi) is 18.2. The zero-order valence-electron chi connectivity index (χ0n) is 32.0. The molecule has 0 aromatic heterocycles. The average molecular weight is 865 g/mol. The van der Waals surface area contributed by atoms with Crippen LogP contribution in [0.2, 0.25) is 0 Å². The van der Waals surface area contributed by atoms with E-state index in [1.54, 1.807) is 0 Å². The minimum absolute atomic E-state index is 0.0343. The number of carbonyl (C=O) groups is 8. The number of carbonyl (C=O) groups excluding carboxylic acids is 8. The summed E-state index contributed by atoms with van der Waals surface area (Å²) in [6, 6.07) is 10.9. The van der Waals surface area contributed by atoms with Gasteiger partial charge in [-0.3, -0.25) is 33.8 Å². The molecule has 0 saturated carbocycles. The first-order valence-corrected chi connectivity index (χ1v) is 20.5. The van der Waals surface area contributed by atoms with Gasteiger partial charge in [0, 0.05) is 71.6 Å². The van der Waals surface area contributed by atoms with Gasteiger partial charge >= 0.3 is 11.9 Å². The lowest BCUT2D eigenvalue weighted by Gasteiger charge is -2.14. The fraction of sp³-hybridized carbons (Fsp3) is 0.417. The first-order valence-electron chi connectivity index (χ1n) is 18.4.